The summed E-state index contributed by atoms with van der Waals surface area (Å²) in [7, 11) is -4.29. The van der Waals surface area contributed by atoms with E-state index < -0.39 is 31.3 Å². The maximum atomic E-state index is 13.2. The second-order valence-corrected chi connectivity index (χ2v) is 9.92. The number of rotatable bonds is 5. The van der Waals surface area contributed by atoms with E-state index >= 15 is 0 Å². The van der Waals surface area contributed by atoms with Crippen LogP contribution in [0.5, 0.6) is 0 Å². The lowest BCUT2D eigenvalue weighted by atomic mass is 10.1. The summed E-state index contributed by atoms with van der Waals surface area (Å²) in [6.45, 7) is 1.70. The highest BCUT2D eigenvalue weighted by Crippen LogP contribution is 2.33. The number of carbonyl (C=O) groups excluding carboxylic acids is 1. The molecule has 1 heterocycles. The Bertz CT molecular complexity index is 1360. The Kier molecular flexibility index (Phi) is 6.54. The number of benzene rings is 3. The maximum absolute atomic E-state index is 13.2. The molecule has 0 spiro atoms. The normalized spacial score (nSPS) is 14.2. The molecule has 0 atom stereocenters. The molecular formula is C23H19ClFN3O5S. The highest BCUT2D eigenvalue weighted by atomic mass is 35.5. The van der Waals surface area contributed by atoms with E-state index in [2.05, 4.69) is 0 Å². The minimum Gasteiger partial charge on any atom is -0.368 e. The van der Waals surface area contributed by atoms with Gasteiger partial charge in [0, 0.05) is 43.5 Å². The molecule has 0 bridgehead atoms. The van der Waals surface area contributed by atoms with Crippen molar-refractivity contribution in [3.63, 3.8) is 0 Å². The first kappa shape index (κ1) is 23.7. The SMILES string of the molecule is O=C(c1ccc(S(=O)(=O)c2ccccc2Cl)c([N+](=O)[O-])c1)N1CCN(c2ccc(F)cc2)CC1. The average Bonchev–Trinajstić information content (AvgIpc) is 2.84. The highest BCUT2D eigenvalue weighted by Gasteiger charge is 2.31. The molecule has 1 amide bonds. The van der Waals surface area contributed by atoms with Crippen molar-refractivity contribution in [2.24, 2.45) is 0 Å². The van der Waals surface area contributed by atoms with Crippen LogP contribution in [0.25, 0.3) is 0 Å². The van der Waals surface area contributed by atoms with Gasteiger partial charge in [0.2, 0.25) is 9.84 Å². The topological polar surface area (TPSA) is 101 Å². The number of nitro groups is 1. The number of hydrogen-bond acceptors (Lipinski definition) is 6. The van der Waals surface area contributed by atoms with Gasteiger partial charge in [-0.3, -0.25) is 14.9 Å². The Morgan fingerprint density at radius 2 is 1.59 bits per heavy atom. The van der Waals surface area contributed by atoms with Gasteiger partial charge in [-0.15, -0.1) is 0 Å². The van der Waals surface area contributed by atoms with Gasteiger partial charge in [-0.1, -0.05) is 23.7 Å². The van der Waals surface area contributed by atoms with Crippen LogP contribution in [-0.4, -0.2) is 50.3 Å². The van der Waals surface area contributed by atoms with E-state index in [9.17, 15) is 27.7 Å². The number of nitro benzene ring substituents is 1. The molecule has 3 aromatic rings. The fraction of sp³-hybridized carbons (Fsp3) is 0.174. The average molecular weight is 504 g/mol. The molecule has 1 fully saturated rings. The number of piperazine rings is 1. The number of sulfone groups is 1. The number of nitrogens with zero attached hydrogens (tertiary/aromatic N) is 3. The number of amides is 1. The lowest BCUT2D eigenvalue weighted by Crippen LogP contribution is -2.48. The van der Waals surface area contributed by atoms with E-state index in [1.807, 2.05) is 4.90 Å². The summed E-state index contributed by atoms with van der Waals surface area (Å²) in [6.07, 6.45) is 0. The number of carbonyl (C=O) groups is 1. The van der Waals surface area contributed by atoms with Crippen molar-refractivity contribution >= 4 is 38.7 Å². The fourth-order valence-corrected chi connectivity index (χ4v) is 5.72. The second-order valence-electron chi connectivity index (χ2n) is 7.63. The van der Waals surface area contributed by atoms with E-state index in [0.29, 0.717) is 26.2 Å². The molecule has 0 N–H and O–H groups in total. The van der Waals surface area contributed by atoms with E-state index in [0.717, 1.165) is 17.8 Å². The lowest BCUT2D eigenvalue weighted by molar-refractivity contribution is -0.387. The summed E-state index contributed by atoms with van der Waals surface area (Å²) < 4.78 is 39.2. The zero-order chi connectivity index (χ0) is 24.5. The van der Waals surface area contributed by atoms with Crippen LogP contribution in [0, 0.1) is 15.9 Å². The van der Waals surface area contributed by atoms with Crippen LogP contribution in [0.1, 0.15) is 10.4 Å². The minimum atomic E-state index is -4.29. The van der Waals surface area contributed by atoms with Gasteiger partial charge in [0.1, 0.15) is 10.7 Å². The van der Waals surface area contributed by atoms with Crippen LogP contribution in [-0.2, 0) is 9.84 Å². The molecule has 0 radical (unpaired) electrons. The van der Waals surface area contributed by atoms with Crippen LogP contribution >= 0.6 is 11.6 Å². The molecule has 0 aromatic heterocycles. The third-order valence-corrected chi connectivity index (χ3v) is 7.88. The van der Waals surface area contributed by atoms with Crippen molar-refractivity contribution in [1.29, 1.82) is 0 Å². The highest BCUT2D eigenvalue weighted by molar-refractivity contribution is 7.91. The Hall–Kier alpha value is -3.50. The Balaban J connectivity index is 1.57. The monoisotopic (exact) mass is 503 g/mol. The number of hydrogen-bond donors (Lipinski definition) is 0. The molecule has 0 saturated carbocycles. The summed E-state index contributed by atoms with van der Waals surface area (Å²) in [5.41, 5.74) is 0.147. The number of anilines is 1. The van der Waals surface area contributed by atoms with Gasteiger partial charge < -0.3 is 9.80 Å². The molecule has 1 aliphatic rings. The minimum absolute atomic E-state index is 0.0139. The van der Waals surface area contributed by atoms with Crippen LogP contribution in [0.2, 0.25) is 5.02 Å². The second kappa shape index (κ2) is 9.40. The first-order valence-corrected chi connectivity index (χ1v) is 12.1. The molecule has 4 rings (SSSR count). The molecule has 1 saturated heterocycles. The Morgan fingerprint density at radius 1 is 0.941 bits per heavy atom. The van der Waals surface area contributed by atoms with E-state index in [-0.39, 0.29) is 21.3 Å². The summed E-state index contributed by atoms with van der Waals surface area (Å²) >= 11 is 6.01. The zero-order valence-electron chi connectivity index (χ0n) is 17.7. The Labute approximate surface area is 200 Å². The van der Waals surface area contributed by atoms with Crippen molar-refractivity contribution in [2.75, 3.05) is 31.1 Å². The first-order valence-electron chi connectivity index (χ1n) is 10.3. The molecule has 34 heavy (non-hydrogen) atoms. The van der Waals surface area contributed by atoms with E-state index in [1.54, 1.807) is 23.1 Å². The standard InChI is InChI=1S/C23H19ClFN3O5S/c24-19-3-1-2-4-21(19)34(32,33)22-10-5-16(15-20(22)28(30)31)23(29)27-13-11-26(12-14-27)18-8-6-17(25)7-9-18/h1-10,15H,11-14H2. The molecule has 8 nitrogen and oxygen atoms in total. The molecule has 176 valence electrons. The van der Waals surface area contributed by atoms with Gasteiger partial charge in [-0.25, -0.2) is 12.8 Å². The zero-order valence-corrected chi connectivity index (χ0v) is 19.3. The van der Waals surface area contributed by atoms with Crippen LogP contribution in [0.4, 0.5) is 15.8 Å². The van der Waals surface area contributed by atoms with Crippen LogP contribution in [0.15, 0.2) is 76.5 Å². The van der Waals surface area contributed by atoms with Gasteiger partial charge in [0.05, 0.1) is 14.8 Å². The van der Waals surface area contributed by atoms with Gasteiger partial charge in [-0.05, 0) is 48.5 Å². The van der Waals surface area contributed by atoms with Crippen molar-refractivity contribution in [3.8, 4) is 0 Å². The maximum Gasteiger partial charge on any atom is 0.289 e. The summed E-state index contributed by atoms with van der Waals surface area (Å²) in [4.78, 5) is 26.7. The molecule has 0 unspecified atom stereocenters. The predicted octanol–water partition coefficient (Wildman–Crippen LogP) is 4.18. The third kappa shape index (κ3) is 4.59. The van der Waals surface area contributed by atoms with Crippen molar-refractivity contribution < 1.29 is 22.5 Å². The molecule has 0 aliphatic carbocycles. The number of halogens is 2. The lowest BCUT2D eigenvalue weighted by Gasteiger charge is -2.36. The first-order chi connectivity index (χ1) is 16.2. The van der Waals surface area contributed by atoms with Gasteiger partial charge in [0.25, 0.3) is 11.6 Å². The molecule has 1 aliphatic heterocycles. The van der Waals surface area contributed by atoms with Crippen molar-refractivity contribution in [3.05, 3.63) is 93.2 Å². The smallest absolute Gasteiger partial charge is 0.289 e. The fourth-order valence-electron chi connectivity index (χ4n) is 3.80. The summed E-state index contributed by atoms with van der Waals surface area (Å²) in [5.74, 6) is -0.775. The van der Waals surface area contributed by atoms with Crippen molar-refractivity contribution in [1.82, 2.24) is 4.90 Å². The molecular weight excluding hydrogens is 485 g/mol. The van der Waals surface area contributed by atoms with Gasteiger partial charge in [0.15, 0.2) is 0 Å². The van der Waals surface area contributed by atoms with Crippen LogP contribution < -0.4 is 4.90 Å². The summed E-state index contributed by atoms with van der Waals surface area (Å²) in [5, 5.41) is 11.7. The van der Waals surface area contributed by atoms with Gasteiger partial charge in [-0.2, -0.15) is 0 Å². The van der Waals surface area contributed by atoms with E-state index in [1.165, 1.54) is 36.4 Å². The molecule has 3 aromatic carbocycles. The quantitative estimate of drug-likeness (QED) is 0.382. The van der Waals surface area contributed by atoms with Gasteiger partial charge >= 0.3 is 0 Å². The largest absolute Gasteiger partial charge is 0.368 e. The predicted molar refractivity (Wildman–Crippen MR) is 125 cm³/mol. The Morgan fingerprint density at radius 3 is 2.21 bits per heavy atom. The van der Waals surface area contributed by atoms with Crippen molar-refractivity contribution in [2.45, 2.75) is 9.79 Å². The third-order valence-electron chi connectivity index (χ3n) is 5.58. The van der Waals surface area contributed by atoms with Crippen LogP contribution in [0.3, 0.4) is 0 Å². The van der Waals surface area contributed by atoms with E-state index in [4.69, 9.17) is 11.6 Å². The summed E-state index contributed by atoms with van der Waals surface area (Å²) in [6, 6.07) is 15.0. The molecule has 11 heteroatoms.